The number of hydrogen-bond donors (Lipinski definition) is 1. The number of urea groups is 1. The molecule has 4 rings (SSSR count). The van der Waals surface area contributed by atoms with Gasteiger partial charge < -0.3 is 24.8 Å². The van der Waals surface area contributed by atoms with E-state index in [1.807, 2.05) is 12.3 Å². The number of carbonyl (C=O) groups is 1. The minimum absolute atomic E-state index is 0.132. The number of aromatic nitrogens is 2. The van der Waals surface area contributed by atoms with E-state index in [9.17, 15) is 4.79 Å². The van der Waals surface area contributed by atoms with Crippen LogP contribution in [0.15, 0.2) is 30.5 Å². The largest absolute Gasteiger partial charge is 0.495 e. The van der Waals surface area contributed by atoms with Crippen molar-refractivity contribution >= 4 is 35.1 Å². The Hall–Kier alpha value is -2.74. The summed E-state index contributed by atoms with van der Waals surface area (Å²) in [5, 5.41) is 3.37. The number of anilines is 3. The number of nitrogens with zero attached hydrogens (tertiary/aromatic N) is 5. The van der Waals surface area contributed by atoms with Gasteiger partial charge in [0.05, 0.1) is 12.1 Å². The first-order valence-electron chi connectivity index (χ1n) is 10.4. The van der Waals surface area contributed by atoms with Gasteiger partial charge in [-0.3, -0.25) is 0 Å². The normalized spacial score (nSPS) is 17.1. The maximum atomic E-state index is 12.6. The summed E-state index contributed by atoms with van der Waals surface area (Å²) in [6.07, 6.45) is 5.50. The molecule has 2 aliphatic rings. The third kappa shape index (κ3) is 4.70. The molecule has 2 fully saturated rings. The van der Waals surface area contributed by atoms with E-state index in [1.165, 1.54) is 19.3 Å². The minimum Gasteiger partial charge on any atom is -0.495 e. The summed E-state index contributed by atoms with van der Waals surface area (Å²) in [5.41, 5.74) is 0.648. The van der Waals surface area contributed by atoms with E-state index in [4.69, 9.17) is 21.3 Å². The predicted octanol–water partition coefficient (Wildman–Crippen LogP) is 3.48. The van der Waals surface area contributed by atoms with E-state index in [-0.39, 0.29) is 6.03 Å². The van der Waals surface area contributed by atoms with Gasteiger partial charge >= 0.3 is 6.03 Å². The Bertz CT molecular complexity index is 882. The van der Waals surface area contributed by atoms with Gasteiger partial charge in [-0.2, -0.15) is 4.98 Å². The van der Waals surface area contributed by atoms with E-state index in [1.54, 1.807) is 30.2 Å². The molecule has 2 amide bonds. The zero-order valence-corrected chi connectivity index (χ0v) is 17.9. The number of halogens is 1. The molecular formula is C21H27ClN6O2. The molecule has 2 aliphatic heterocycles. The lowest BCUT2D eigenvalue weighted by molar-refractivity contribution is 0.208. The van der Waals surface area contributed by atoms with E-state index >= 15 is 0 Å². The third-order valence-electron chi connectivity index (χ3n) is 5.56. The number of nitrogens with one attached hydrogen (secondary N) is 1. The first-order valence-corrected chi connectivity index (χ1v) is 10.7. The summed E-state index contributed by atoms with van der Waals surface area (Å²) in [4.78, 5) is 28.1. The van der Waals surface area contributed by atoms with Crippen LogP contribution in [-0.4, -0.2) is 67.3 Å². The van der Waals surface area contributed by atoms with Gasteiger partial charge in [0.1, 0.15) is 11.6 Å². The molecule has 0 bridgehead atoms. The summed E-state index contributed by atoms with van der Waals surface area (Å²) >= 11 is 6.14. The van der Waals surface area contributed by atoms with Crippen LogP contribution in [-0.2, 0) is 0 Å². The summed E-state index contributed by atoms with van der Waals surface area (Å²) in [6.45, 7) is 4.75. The number of hydrogen-bond acceptors (Lipinski definition) is 6. The van der Waals surface area contributed by atoms with Crippen LogP contribution in [0.1, 0.15) is 19.3 Å². The van der Waals surface area contributed by atoms with Crippen molar-refractivity contribution in [2.24, 2.45) is 0 Å². The molecule has 30 heavy (non-hydrogen) atoms. The standard InChI is InChI=1S/C21H27ClN6O2/c1-30-18-6-5-16(15-17(18)22)24-21(29)28-13-11-26(12-14-28)19-7-8-23-20(25-19)27-9-3-2-4-10-27/h5-8,15H,2-4,9-14H2,1H3,(H,24,29). The molecule has 0 unspecified atom stereocenters. The topological polar surface area (TPSA) is 73.8 Å². The Balaban J connectivity index is 1.33. The minimum atomic E-state index is -0.132. The van der Waals surface area contributed by atoms with Crippen molar-refractivity contribution in [1.82, 2.24) is 14.9 Å². The van der Waals surface area contributed by atoms with Crippen LogP contribution in [0, 0.1) is 0 Å². The van der Waals surface area contributed by atoms with Crippen molar-refractivity contribution in [3.8, 4) is 5.75 Å². The molecule has 1 N–H and O–H groups in total. The van der Waals surface area contributed by atoms with Gasteiger partial charge in [0.2, 0.25) is 5.95 Å². The molecule has 0 radical (unpaired) electrons. The zero-order chi connectivity index (χ0) is 20.9. The number of ether oxygens (including phenoxy) is 1. The van der Waals surface area contributed by atoms with Gasteiger partial charge in [0, 0.05) is 51.2 Å². The molecule has 9 heteroatoms. The van der Waals surface area contributed by atoms with Crippen LogP contribution in [0.5, 0.6) is 5.75 Å². The Labute approximate surface area is 181 Å². The molecule has 0 atom stereocenters. The lowest BCUT2D eigenvalue weighted by Crippen LogP contribution is -2.50. The van der Waals surface area contributed by atoms with E-state index < -0.39 is 0 Å². The maximum Gasteiger partial charge on any atom is 0.321 e. The maximum absolute atomic E-state index is 12.6. The van der Waals surface area contributed by atoms with Crippen molar-refractivity contribution < 1.29 is 9.53 Å². The number of benzene rings is 1. The number of piperazine rings is 1. The van der Waals surface area contributed by atoms with Crippen molar-refractivity contribution in [3.63, 3.8) is 0 Å². The Morgan fingerprint density at radius 1 is 1.03 bits per heavy atom. The number of rotatable bonds is 4. The third-order valence-corrected chi connectivity index (χ3v) is 5.86. The summed E-state index contributed by atoms with van der Waals surface area (Å²) in [6, 6.07) is 7.03. The van der Waals surface area contributed by atoms with E-state index in [0.29, 0.717) is 29.5 Å². The van der Waals surface area contributed by atoms with Crippen molar-refractivity contribution in [1.29, 1.82) is 0 Å². The lowest BCUT2D eigenvalue weighted by Gasteiger charge is -2.35. The summed E-state index contributed by atoms with van der Waals surface area (Å²) < 4.78 is 5.15. The SMILES string of the molecule is COc1ccc(NC(=O)N2CCN(c3ccnc(N4CCCCC4)n3)CC2)cc1Cl. The summed E-state index contributed by atoms with van der Waals surface area (Å²) in [7, 11) is 1.56. The Morgan fingerprint density at radius 3 is 2.50 bits per heavy atom. The molecule has 2 saturated heterocycles. The van der Waals surface area contributed by atoms with E-state index in [0.717, 1.165) is 37.9 Å². The zero-order valence-electron chi connectivity index (χ0n) is 17.2. The predicted molar refractivity (Wildman–Crippen MR) is 119 cm³/mol. The van der Waals surface area contributed by atoms with Gasteiger partial charge in [-0.25, -0.2) is 9.78 Å². The number of amides is 2. The number of methoxy groups -OCH3 is 1. The van der Waals surface area contributed by atoms with Crippen molar-refractivity contribution in [2.75, 3.05) is 61.5 Å². The highest BCUT2D eigenvalue weighted by Crippen LogP contribution is 2.27. The van der Waals surface area contributed by atoms with E-state index in [2.05, 4.69) is 20.1 Å². The highest BCUT2D eigenvalue weighted by atomic mass is 35.5. The number of piperidine rings is 1. The fourth-order valence-electron chi connectivity index (χ4n) is 3.85. The fraction of sp³-hybridized carbons (Fsp3) is 0.476. The van der Waals surface area contributed by atoms with Crippen LogP contribution < -0.4 is 19.9 Å². The van der Waals surface area contributed by atoms with Crippen molar-refractivity contribution in [3.05, 3.63) is 35.5 Å². The second-order valence-electron chi connectivity index (χ2n) is 7.52. The van der Waals surface area contributed by atoms with Crippen LogP contribution in [0.3, 0.4) is 0 Å². The second-order valence-corrected chi connectivity index (χ2v) is 7.92. The van der Waals surface area contributed by atoms with Gasteiger partial charge in [0.15, 0.2) is 0 Å². The molecule has 0 saturated carbocycles. The molecule has 1 aromatic heterocycles. The highest BCUT2D eigenvalue weighted by Gasteiger charge is 2.23. The monoisotopic (exact) mass is 430 g/mol. The average Bonchev–Trinajstić information content (AvgIpc) is 2.80. The average molecular weight is 431 g/mol. The fourth-order valence-corrected chi connectivity index (χ4v) is 4.10. The summed E-state index contributed by atoms with van der Waals surface area (Å²) in [5.74, 6) is 2.31. The van der Waals surface area contributed by atoms with Gasteiger partial charge in [-0.05, 0) is 43.5 Å². The molecule has 0 aliphatic carbocycles. The smallest absolute Gasteiger partial charge is 0.321 e. The second kappa shape index (κ2) is 9.38. The van der Waals surface area contributed by atoms with Gasteiger partial charge in [-0.1, -0.05) is 11.6 Å². The van der Waals surface area contributed by atoms with Crippen molar-refractivity contribution in [2.45, 2.75) is 19.3 Å². The molecule has 2 aromatic rings. The molecule has 8 nitrogen and oxygen atoms in total. The molecule has 0 spiro atoms. The first kappa shape index (κ1) is 20.5. The number of carbonyl (C=O) groups excluding carboxylic acids is 1. The van der Waals surface area contributed by atoms with Gasteiger partial charge in [-0.15, -0.1) is 0 Å². The van der Waals surface area contributed by atoms with Crippen LogP contribution >= 0.6 is 11.6 Å². The Kier molecular flexibility index (Phi) is 6.42. The molecular weight excluding hydrogens is 404 g/mol. The molecule has 160 valence electrons. The lowest BCUT2D eigenvalue weighted by atomic mass is 10.1. The highest BCUT2D eigenvalue weighted by molar-refractivity contribution is 6.32. The Morgan fingerprint density at radius 2 is 1.80 bits per heavy atom. The van der Waals surface area contributed by atoms with Crippen LogP contribution in [0.4, 0.5) is 22.2 Å². The quantitative estimate of drug-likeness (QED) is 0.800. The molecule has 1 aromatic carbocycles. The molecule has 3 heterocycles. The first-order chi connectivity index (χ1) is 14.6. The van der Waals surface area contributed by atoms with Gasteiger partial charge in [0.25, 0.3) is 0 Å². The van der Waals surface area contributed by atoms with Crippen LogP contribution in [0.2, 0.25) is 5.02 Å². The van der Waals surface area contributed by atoms with Crippen LogP contribution in [0.25, 0.3) is 0 Å².